The number of fused-ring (bicyclic) bond motifs is 1. The molecule has 2 aromatic rings. The first-order chi connectivity index (χ1) is 10.1. The van der Waals surface area contributed by atoms with Crippen LogP contribution in [-0.2, 0) is 0 Å². The number of rotatable bonds is 4. The number of benzene rings is 2. The number of hydrogen-bond acceptors (Lipinski definition) is 2. The molecule has 4 heteroatoms. The molecule has 110 valence electrons. The molecule has 2 aromatic carbocycles. The first-order valence-electron chi connectivity index (χ1n) is 7.34. The summed E-state index contributed by atoms with van der Waals surface area (Å²) in [7, 11) is 0. The zero-order valence-corrected chi connectivity index (χ0v) is 12.0. The summed E-state index contributed by atoms with van der Waals surface area (Å²) in [4.78, 5) is 11.7. The summed E-state index contributed by atoms with van der Waals surface area (Å²) in [5.74, 6) is 0.571. The van der Waals surface area contributed by atoms with E-state index in [4.69, 9.17) is 0 Å². The average molecular weight is 284 g/mol. The largest absolute Gasteiger partial charge is 0.387 e. The molecule has 0 radical (unpaired) electrons. The molecular weight excluding hydrogens is 264 g/mol. The second-order valence-electron chi connectivity index (χ2n) is 5.80. The summed E-state index contributed by atoms with van der Waals surface area (Å²) in [6.45, 7) is 2.32. The Labute approximate surface area is 124 Å². The van der Waals surface area contributed by atoms with Crippen molar-refractivity contribution in [3.63, 3.8) is 0 Å². The molecule has 4 nitrogen and oxygen atoms in total. The molecular formula is C17H20N2O2. The van der Waals surface area contributed by atoms with Gasteiger partial charge in [0.1, 0.15) is 0 Å². The molecule has 0 spiro atoms. The predicted octanol–water partition coefficient (Wildman–Crippen LogP) is 2.58. The van der Waals surface area contributed by atoms with Crippen molar-refractivity contribution >= 4 is 16.8 Å². The molecule has 1 fully saturated rings. The number of urea groups is 1. The van der Waals surface area contributed by atoms with Gasteiger partial charge >= 0.3 is 6.03 Å². The first kappa shape index (κ1) is 13.9. The zero-order chi connectivity index (χ0) is 14.8. The second kappa shape index (κ2) is 5.74. The third-order valence-electron chi connectivity index (χ3n) is 4.04. The number of hydrogen-bond donors (Lipinski definition) is 3. The van der Waals surface area contributed by atoms with Crippen molar-refractivity contribution in [3.05, 3.63) is 48.0 Å². The van der Waals surface area contributed by atoms with Crippen LogP contribution in [0.4, 0.5) is 4.79 Å². The summed E-state index contributed by atoms with van der Waals surface area (Å²) in [5.41, 5.74) is 0.814. The van der Waals surface area contributed by atoms with Gasteiger partial charge in [0, 0.05) is 12.6 Å². The monoisotopic (exact) mass is 284 g/mol. The number of aliphatic hydroxyl groups excluding tert-OH is 1. The van der Waals surface area contributed by atoms with Crippen LogP contribution in [0.5, 0.6) is 0 Å². The summed E-state index contributed by atoms with van der Waals surface area (Å²) in [5, 5.41) is 18.0. The number of carbonyl (C=O) groups excluding carboxylic acids is 1. The van der Waals surface area contributed by atoms with Crippen molar-refractivity contribution in [1.82, 2.24) is 10.6 Å². The first-order valence-corrected chi connectivity index (χ1v) is 7.34. The van der Waals surface area contributed by atoms with Crippen LogP contribution in [0.1, 0.15) is 25.0 Å². The molecule has 1 saturated carbocycles. The highest BCUT2D eigenvalue weighted by atomic mass is 16.3. The lowest BCUT2D eigenvalue weighted by molar-refractivity contribution is 0.173. The van der Waals surface area contributed by atoms with Crippen molar-refractivity contribution in [3.8, 4) is 0 Å². The molecule has 2 amide bonds. The van der Waals surface area contributed by atoms with E-state index < -0.39 is 6.10 Å². The second-order valence-corrected chi connectivity index (χ2v) is 5.80. The number of nitrogens with one attached hydrogen (secondary N) is 2. The molecule has 0 bridgehead atoms. The van der Waals surface area contributed by atoms with Gasteiger partial charge in [-0.05, 0) is 34.7 Å². The number of aliphatic hydroxyl groups is 1. The molecule has 3 atom stereocenters. The highest BCUT2D eigenvalue weighted by molar-refractivity contribution is 5.83. The van der Waals surface area contributed by atoms with Crippen LogP contribution in [-0.4, -0.2) is 23.7 Å². The molecule has 1 aliphatic carbocycles. The maximum Gasteiger partial charge on any atom is 0.315 e. The van der Waals surface area contributed by atoms with Crippen molar-refractivity contribution in [2.45, 2.75) is 25.5 Å². The summed E-state index contributed by atoms with van der Waals surface area (Å²) in [6, 6.07) is 13.9. The van der Waals surface area contributed by atoms with E-state index in [-0.39, 0.29) is 12.6 Å². The fraction of sp³-hybridized carbons (Fsp3) is 0.353. The lowest BCUT2D eigenvalue weighted by Gasteiger charge is -2.13. The Morgan fingerprint density at radius 2 is 2.00 bits per heavy atom. The van der Waals surface area contributed by atoms with Crippen molar-refractivity contribution in [1.29, 1.82) is 0 Å². The fourth-order valence-corrected chi connectivity index (χ4v) is 2.46. The van der Waals surface area contributed by atoms with Crippen LogP contribution in [0.15, 0.2) is 42.5 Å². The standard InChI is InChI=1S/C17H20N2O2/c1-11-8-15(11)19-17(21)18-10-16(20)14-7-6-12-4-2-3-5-13(12)9-14/h2-7,9,11,15-16,20H,8,10H2,1H3,(H2,18,19,21). The van der Waals surface area contributed by atoms with Gasteiger partial charge in [-0.25, -0.2) is 4.79 Å². The van der Waals surface area contributed by atoms with Gasteiger partial charge in [0.2, 0.25) is 0 Å². The van der Waals surface area contributed by atoms with Gasteiger partial charge in [0.25, 0.3) is 0 Å². The van der Waals surface area contributed by atoms with Gasteiger partial charge < -0.3 is 15.7 Å². The maximum atomic E-state index is 11.7. The molecule has 21 heavy (non-hydrogen) atoms. The maximum absolute atomic E-state index is 11.7. The topological polar surface area (TPSA) is 61.4 Å². The van der Waals surface area contributed by atoms with E-state index in [2.05, 4.69) is 17.6 Å². The lowest BCUT2D eigenvalue weighted by atomic mass is 10.0. The zero-order valence-electron chi connectivity index (χ0n) is 12.0. The van der Waals surface area contributed by atoms with Crippen molar-refractivity contribution in [2.75, 3.05) is 6.54 Å². The molecule has 0 saturated heterocycles. The van der Waals surface area contributed by atoms with Gasteiger partial charge in [-0.3, -0.25) is 0 Å². The Balaban J connectivity index is 1.58. The third kappa shape index (κ3) is 3.34. The van der Waals surface area contributed by atoms with E-state index in [0.29, 0.717) is 12.0 Å². The van der Waals surface area contributed by atoms with E-state index in [9.17, 15) is 9.90 Å². The Morgan fingerprint density at radius 3 is 2.71 bits per heavy atom. The highest BCUT2D eigenvalue weighted by Gasteiger charge is 2.33. The molecule has 0 aromatic heterocycles. The van der Waals surface area contributed by atoms with Gasteiger partial charge in [-0.1, -0.05) is 43.3 Å². The van der Waals surface area contributed by atoms with Crippen LogP contribution < -0.4 is 10.6 Å². The van der Waals surface area contributed by atoms with Gasteiger partial charge in [0.15, 0.2) is 0 Å². The van der Waals surface area contributed by atoms with Gasteiger partial charge in [-0.15, -0.1) is 0 Å². The van der Waals surface area contributed by atoms with Crippen LogP contribution in [0, 0.1) is 5.92 Å². The SMILES string of the molecule is CC1CC1NC(=O)NCC(O)c1ccc2ccccc2c1. The normalized spacial score (nSPS) is 21.8. The van der Waals surface area contributed by atoms with Crippen LogP contribution in [0.2, 0.25) is 0 Å². The van der Waals surface area contributed by atoms with Crippen LogP contribution in [0.25, 0.3) is 10.8 Å². The van der Waals surface area contributed by atoms with Gasteiger partial charge in [-0.2, -0.15) is 0 Å². The van der Waals surface area contributed by atoms with Gasteiger partial charge in [0.05, 0.1) is 6.10 Å². The Hall–Kier alpha value is -2.07. The van der Waals surface area contributed by atoms with E-state index >= 15 is 0 Å². The third-order valence-corrected chi connectivity index (χ3v) is 4.04. The van der Waals surface area contributed by atoms with Crippen LogP contribution >= 0.6 is 0 Å². The summed E-state index contributed by atoms with van der Waals surface area (Å²) >= 11 is 0. The van der Waals surface area contributed by atoms with E-state index in [1.807, 2.05) is 42.5 Å². The minimum atomic E-state index is -0.697. The van der Waals surface area contributed by atoms with Crippen molar-refractivity contribution < 1.29 is 9.90 Å². The lowest BCUT2D eigenvalue weighted by Crippen LogP contribution is -2.39. The van der Waals surface area contributed by atoms with Crippen molar-refractivity contribution in [2.24, 2.45) is 5.92 Å². The minimum absolute atomic E-state index is 0.204. The predicted molar refractivity (Wildman–Crippen MR) is 83.0 cm³/mol. The molecule has 0 heterocycles. The van der Waals surface area contributed by atoms with Crippen LogP contribution in [0.3, 0.4) is 0 Å². The quantitative estimate of drug-likeness (QED) is 0.808. The Bertz CT molecular complexity index is 656. The minimum Gasteiger partial charge on any atom is -0.387 e. The fourth-order valence-electron chi connectivity index (χ4n) is 2.46. The molecule has 0 aliphatic heterocycles. The Morgan fingerprint density at radius 1 is 1.29 bits per heavy atom. The van der Waals surface area contributed by atoms with E-state index in [0.717, 1.165) is 22.8 Å². The summed E-state index contributed by atoms with van der Waals surface area (Å²) in [6.07, 6.45) is 0.345. The molecule has 3 rings (SSSR count). The summed E-state index contributed by atoms with van der Waals surface area (Å²) < 4.78 is 0. The average Bonchev–Trinajstić information content (AvgIpc) is 3.19. The highest BCUT2D eigenvalue weighted by Crippen LogP contribution is 2.28. The number of carbonyl (C=O) groups is 1. The molecule has 3 N–H and O–H groups in total. The van der Waals surface area contributed by atoms with E-state index in [1.54, 1.807) is 0 Å². The number of amides is 2. The Kier molecular flexibility index (Phi) is 3.80. The van der Waals surface area contributed by atoms with E-state index in [1.165, 1.54) is 0 Å². The molecule has 3 unspecified atom stereocenters. The smallest absolute Gasteiger partial charge is 0.315 e. The molecule has 1 aliphatic rings.